The van der Waals surface area contributed by atoms with Gasteiger partial charge in [-0.15, -0.1) is 0 Å². The van der Waals surface area contributed by atoms with Crippen LogP contribution in [0.25, 0.3) is 0 Å². The van der Waals surface area contributed by atoms with Crippen LogP contribution < -0.4 is 0 Å². The predicted molar refractivity (Wildman–Crippen MR) is 41.0 cm³/mol. The molecule has 0 atom stereocenters. The van der Waals surface area contributed by atoms with E-state index >= 15 is 0 Å². The largest absolute Gasteiger partial charge is 0.469 e. The topological polar surface area (TPSA) is 26.3 Å². The van der Waals surface area contributed by atoms with E-state index in [9.17, 15) is 4.79 Å². The predicted octanol–water partition coefficient (Wildman–Crippen LogP) is 1.20. The van der Waals surface area contributed by atoms with Crippen LogP contribution in [0.1, 0.15) is 5.56 Å². The maximum atomic E-state index is 10.7. The minimum atomic E-state index is -0.212. The normalized spacial score (nSPS) is 9.18. The summed E-state index contributed by atoms with van der Waals surface area (Å²) >= 11 is 0. The van der Waals surface area contributed by atoms with E-state index in [4.69, 9.17) is 0 Å². The Morgan fingerprint density at radius 3 is 2.73 bits per heavy atom. The van der Waals surface area contributed by atoms with E-state index in [1.807, 2.05) is 12.1 Å². The number of rotatable bonds is 2. The Kier molecular flexibility index (Phi) is 2.66. The molecule has 1 aromatic rings. The average Bonchev–Trinajstić information content (AvgIpc) is 2.06. The van der Waals surface area contributed by atoms with Gasteiger partial charge in [0.05, 0.1) is 13.5 Å². The van der Waals surface area contributed by atoms with Gasteiger partial charge in [-0.2, -0.15) is 0 Å². The van der Waals surface area contributed by atoms with Gasteiger partial charge in [-0.25, -0.2) is 0 Å². The minimum Gasteiger partial charge on any atom is -0.469 e. The van der Waals surface area contributed by atoms with Gasteiger partial charge in [-0.3, -0.25) is 4.79 Å². The SMILES string of the molecule is COC(=O)Cc1cc[c]cc1. The maximum Gasteiger partial charge on any atom is 0.309 e. The molecule has 0 aliphatic carbocycles. The molecule has 0 bridgehead atoms. The molecule has 0 heterocycles. The fourth-order valence-corrected chi connectivity index (χ4v) is 0.778. The Balaban J connectivity index is 2.58. The van der Waals surface area contributed by atoms with Crippen molar-refractivity contribution in [2.24, 2.45) is 0 Å². The third-order valence-corrected chi connectivity index (χ3v) is 1.36. The van der Waals surface area contributed by atoms with Gasteiger partial charge in [0.15, 0.2) is 0 Å². The number of hydrogen-bond donors (Lipinski definition) is 0. The van der Waals surface area contributed by atoms with Crippen LogP contribution in [0.2, 0.25) is 0 Å². The van der Waals surface area contributed by atoms with Crippen LogP contribution >= 0.6 is 0 Å². The van der Waals surface area contributed by atoms with Crippen LogP contribution in [0.3, 0.4) is 0 Å². The highest BCUT2D eigenvalue weighted by Crippen LogP contribution is 1.99. The molecule has 0 spiro atoms. The third-order valence-electron chi connectivity index (χ3n) is 1.36. The Morgan fingerprint density at radius 2 is 2.18 bits per heavy atom. The number of benzene rings is 1. The molecule has 0 N–H and O–H groups in total. The van der Waals surface area contributed by atoms with Crippen molar-refractivity contribution in [3.05, 3.63) is 35.9 Å². The second kappa shape index (κ2) is 3.76. The van der Waals surface area contributed by atoms with Crippen molar-refractivity contribution in [3.8, 4) is 0 Å². The monoisotopic (exact) mass is 149 g/mol. The molecular formula is C9H9O2. The Hall–Kier alpha value is -1.31. The maximum absolute atomic E-state index is 10.7. The van der Waals surface area contributed by atoms with E-state index in [0.717, 1.165) is 5.56 Å². The Labute approximate surface area is 65.8 Å². The first kappa shape index (κ1) is 7.79. The fraction of sp³-hybridized carbons (Fsp3) is 0.222. The lowest BCUT2D eigenvalue weighted by Crippen LogP contribution is -2.03. The molecule has 1 aromatic carbocycles. The molecule has 0 saturated heterocycles. The summed E-state index contributed by atoms with van der Waals surface area (Å²) in [5.74, 6) is -0.212. The lowest BCUT2D eigenvalue weighted by Gasteiger charge is -1.97. The van der Waals surface area contributed by atoms with Crippen molar-refractivity contribution in [3.63, 3.8) is 0 Å². The number of hydrogen-bond acceptors (Lipinski definition) is 2. The first-order valence-corrected chi connectivity index (χ1v) is 3.34. The van der Waals surface area contributed by atoms with Gasteiger partial charge in [0.1, 0.15) is 0 Å². The summed E-state index contributed by atoms with van der Waals surface area (Å²) in [7, 11) is 1.39. The fourth-order valence-electron chi connectivity index (χ4n) is 0.778. The molecule has 0 unspecified atom stereocenters. The first-order valence-electron chi connectivity index (χ1n) is 3.34. The highest BCUT2D eigenvalue weighted by atomic mass is 16.5. The van der Waals surface area contributed by atoms with Crippen molar-refractivity contribution in [1.82, 2.24) is 0 Å². The Morgan fingerprint density at radius 1 is 1.55 bits per heavy atom. The van der Waals surface area contributed by atoms with Gasteiger partial charge in [-0.05, 0) is 11.6 Å². The summed E-state index contributed by atoms with van der Waals surface area (Å²) in [5, 5.41) is 0. The number of carbonyl (C=O) groups excluding carboxylic acids is 1. The smallest absolute Gasteiger partial charge is 0.309 e. The molecule has 1 rings (SSSR count). The van der Waals surface area contributed by atoms with Gasteiger partial charge < -0.3 is 4.74 Å². The standard InChI is InChI=1S/C9H9O2/c1-11-9(10)7-8-5-3-2-4-6-8/h3-6H,7H2,1H3. The van der Waals surface area contributed by atoms with Gasteiger partial charge in [-0.1, -0.05) is 24.3 Å². The number of ether oxygens (including phenoxy) is 1. The van der Waals surface area contributed by atoms with Crippen molar-refractivity contribution in [2.75, 3.05) is 7.11 Å². The molecule has 0 amide bonds. The van der Waals surface area contributed by atoms with Crippen molar-refractivity contribution in [2.45, 2.75) is 6.42 Å². The lowest BCUT2D eigenvalue weighted by molar-refractivity contribution is -0.139. The van der Waals surface area contributed by atoms with Crippen LogP contribution in [0, 0.1) is 6.07 Å². The molecule has 11 heavy (non-hydrogen) atoms. The highest BCUT2D eigenvalue weighted by Gasteiger charge is 1.99. The van der Waals surface area contributed by atoms with E-state index in [1.165, 1.54) is 7.11 Å². The molecular weight excluding hydrogens is 140 g/mol. The van der Waals surface area contributed by atoms with Gasteiger partial charge in [0.2, 0.25) is 0 Å². The van der Waals surface area contributed by atoms with Gasteiger partial charge in [0.25, 0.3) is 0 Å². The molecule has 0 fully saturated rings. The average molecular weight is 149 g/mol. The van der Waals surface area contributed by atoms with Crippen molar-refractivity contribution in [1.29, 1.82) is 0 Å². The van der Waals surface area contributed by atoms with E-state index in [0.29, 0.717) is 6.42 Å². The zero-order valence-corrected chi connectivity index (χ0v) is 6.33. The summed E-state index contributed by atoms with van der Waals surface area (Å²) < 4.78 is 4.50. The van der Waals surface area contributed by atoms with Gasteiger partial charge in [0, 0.05) is 0 Å². The van der Waals surface area contributed by atoms with Crippen LogP contribution in [-0.2, 0) is 16.0 Å². The van der Waals surface area contributed by atoms with Crippen LogP contribution in [-0.4, -0.2) is 13.1 Å². The summed E-state index contributed by atoms with van der Waals surface area (Å²) in [6.07, 6.45) is 0.338. The quantitative estimate of drug-likeness (QED) is 0.590. The molecule has 0 saturated carbocycles. The molecule has 1 radical (unpaired) electrons. The molecule has 0 aromatic heterocycles. The highest BCUT2D eigenvalue weighted by molar-refractivity contribution is 5.72. The molecule has 57 valence electrons. The first-order chi connectivity index (χ1) is 5.33. The van der Waals surface area contributed by atoms with E-state index in [2.05, 4.69) is 10.8 Å². The van der Waals surface area contributed by atoms with E-state index in [-0.39, 0.29) is 5.97 Å². The summed E-state index contributed by atoms with van der Waals surface area (Å²) in [6.45, 7) is 0. The molecule has 2 nitrogen and oxygen atoms in total. The van der Waals surface area contributed by atoms with Crippen molar-refractivity contribution >= 4 is 5.97 Å². The summed E-state index contributed by atoms with van der Waals surface area (Å²) in [5.41, 5.74) is 0.954. The third kappa shape index (κ3) is 2.42. The molecule has 0 aliphatic rings. The Bertz CT molecular complexity index is 229. The minimum absolute atomic E-state index is 0.212. The summed E-state index contributed by atoms with van der Waals surface area (Å²) in [4.78, 5) is 10.7. The summed E-state index contributed by atoms with van der Waals surface area (Å²) in [6, 6.07) is 10.1. The zero-order chi connectivity index (χ0) is 8.10. The zero-order valence-electron chi connectivity index (χ0n) is 6.33. The van der Waals surface area contributed by atoms with Crippen LogP contribution in [0.5, 0.6) is 0 Å². The number of methoxy groups -OCH3 is 1. The van der Waals surface area contributed by atoms with E-state index < -0.39 is 0 Å². The number of esters is 1. The second-order valence-corrected chi connectivity index (χ2v) is 2.16. The van der Waals surface area contributed by atoms with Crippen LogP contribution in [0.15, 0.2) is 24.3 Å². The molecule has 2 heteroatoms. The lowest BCUT2D eigenvalue weighted by atomic mass is 10.2. The number of carbonyl (C=O) groups is 1. The van der Waals surface area contributed by atoms with Crippen molar-refractivity contribution < 1.29 is 9.53 Å². The molecule has 0 aliphatic heterocycles. The van der Waals surface area contributed by atoms with Crippen LogP contribution in [0.4, 0.5) is 0 Å². The van der Waals surface area contributed by atoms with Gasteiger partial charge >= 0.3 is 5.97 Å². The second-order valence-electron chi connectivity index (χ2n) is 2.16. The van der Waals surface area contributed by atoms with E-state index in [1.54, 1.807) is 12.1 Å².